The lowest BCUT2D eigenvalue weighted by molar-refractivity contribution is 0.473. The van der Waals surface area contributed by atoms with Gasteiger partial charge in [0.25, 0.3) is 0 Å². The zero-order valence-electron chi connectivity index (χ0n) is 9.95. The van der Waals surface area contributed by atoms with Gasteiger partial charge in [-0.1, -0.05) is 11.6 Å². The Balaban J connectivity index is 1.98. The molecular formula is C12H18ClN3S. The Labute approximate surface area is 112 Å². The number of hydrogen-bond donors (Lipinski definition) is 2. The lowest BCUT2D eigenvalue weighted by atomic mass is 9.95. The first-order chi connectivity index (χ1) is 8.20. The van der Waals surface area contributed by atoms with Gasteiger partial charge in [-0.2, -0.15) is 11.8 Å². The standard InChI is InChI=1S/C12H18ClN3S/c1-17-9-4-2-8(3-5-9)16-12-10(13)6-15-7-11(12)14/h6-9H,2-5,14H2,1H3,(H,15,16). The van der Waals surface area contributed by atoms with Gasteiger partial charge in [-0.3, -0.25) is 4.98 Å². The van der Waals surface area contributed by atoms with Crippen molar-refractivity contribution in [3.8, 4) is 0 Å². The van der Waals surface area contributed by atoms with E-state index in [-0.39, 0.29) is 0 Å². The monoisotopic (exact) mass is 271 g/mol. The maximum atomic E-state index is 6.10. The van der Waals surface area contributed by atoms with Crippen LogP contribution in [-0.4, -0.2) is 22.5 Å². The van der Waals surface area contributed by atoms with Gasteiger partial charge >= 0.3 is 0 Å². The summed E-state index contributed by atoms with van der Waals surface area (Å²) in [6.45, 7) is 0. The van der Waals surface area contributed by atoms with E-state index in [1.807, 2.05) is 11.8 Å². The molecule has 94 valence electrons. The van der Waals surface area contributed by atoms with Crippen LogP contribution < -0.4 is 11.1 Å². The van der Waals surface area contributed by atoms with Gasteiger partial charge in [-0.25, -0.2) is 0 Å². The molecule has 0 unspecified atom stereocenters. The van der Waals surface area contributed by atoms with Crippen molar-refractivity contribution in [2.45, 2.75) is 37.0 Å². The van der Waals surface area contributed by atoms with Crippen molar-refractivity contribution < 1.29 is 0 Å². The fraction of sp³-hybridized carbons (Fsp3) is 0.583. The summed E-state index contributed by atoms with van der Waals surface area (Å²) in [6, 6.07) is 0.487. The number of hydrogen-bond acceptors (Lipinski definition) is 4. The number of nitrogen functional groups attached to an aromatic ring is 1. The van der Waals surface area contributed by atoms with Gasteiger partial charge in [0.1, 0.15) is 0 Å². The molecular weight excluding hydrogens is 254 g/mol. The molecule has 0 aromatic carbocycles. The highest BCUT2D eigenvalue weighted by molar-refractivity contribution is 7.99. The maximum Gasteiger partial charge on any atom is 0.0841 e. The number of pyridine rings is 1. The molecule has 1 aliphatic rings. The summed E-state index contributed by atoms with van der Waals surface area (Å²) < 4.78 is 0. The number of anilines is 2. The Kier molecular flexibility index (Phi) is 4.40. The number of rotatable bonds is 3. The van der Waals surface area contributed by atoms with Crippen molar-refractivity contribution in [1.82, 2.24) is 4.98 Å². The highest BCUT2D eigenvalue weighted by Crippen LogP contribution is 2.32. The van der Waals surface area contributed by atoms with E-state index in [4.69, 9.17) is 17.3 Å². The minimum Gasteiger partial charge on any atom is -0.396 e. The normalized spacial score (nSPS) is 24.6. The van der Waals surface area contributed by atoms with Crippen LogP contribution in [0.2, 0.25) is 5.02 Å². The fourth-order valence-corrected chi connectivity index (χ4v) is 3.21. The number of halogens is 1. The number of nitrogens with zero attached hydrogens (tertiary/aromatic N) is 1. The molecule has 3 N–H and O–H groups in total. The zero-order valence-corrected chi connectivity index (χ0v) is 11.5. The van der Waals surface area contributed by atoms with Gasteiger partial charge in [0.15, 0.2) is 0 Å². The molecule has 0 spiro atoms. The minimum absolute atomic E-state index is 0.487. The Morgan fingerprint density at radius 2 is 2.06 bits per heavy atom. The van der Waals surface area contributed by atoms with Crippen LogP contribution in [-0.2, 0) is 0 Å². The third-order valence-electron chi connectivity index (χ3n) is 3.29. The molecule has 17 heavy (non-hydrogen) atoms. The maximum absolute atomic E-state index is 6.10. The van der Waals surface area contributed by atoms with Gasteiger partial charge < -0.3 is 11.1 Å². The molecule has 3 nitrogen and oxygen atoms in total. The molecule has 5 heteroatoms. The van der Waals surface area contributed by atoms with E-state index in [1.54, 1.807) is 12.4 Å². The summed E-state index contributed by atoms with van der Waals surface area (Å²) in [6.07, 6.45) is 10.4. The number of nitrogens with one attached hydrogen (secondary N) is 1. The van der Waals surface area contributed by atoms with Gasteiger partial charge in [0.2, 0.25) is 0 Å². The van der Waals surface area contributed by atoms with Crippen LogP contribution in [0.25, 0.3) is 0 Å². The molecule has 0 radical (unpaired) electrons. The molecule has 0 atom stereocenters. The van der Waals surface area contributed by atoms with E-state index >= 15 is 0 Å². The quantitative estimate of drug-likeness (QED) is 0.885. The molecule has 1 aromatic heterocycles. The van der Waals surface area contributed by atoms with Crippen molar-refractivity contribution in [3.05, 3.63) is 17.4 Å². The lowest BCUT2D eigenvalue weighted by Gasteiger charge is -2.29. The van der Waals surface area contributed by atoms with E-state index in [9.17, 15) is 0 Å². The molecule has 1 aliphatic carbocycles. The summed E-state index contributed by atoms with van der Waals surface area (Å²) in [4.78, 5) is 3.96. The second kappa shape index (κ2) is 5.83. The predicted molar refractivity (Wildman–Crippen MR) is 76.8 cm³/mol. The molecule has 1 saturated carbocycles. The molecule has 1 heterocycles. The highest BCUT2D eigenvalue weighted by atomic mass is 35.5. The highest BCUT2D eigenvalue weighted by Gasteiger charge is 2.21. The van der Waals surface area contributed by atoms with Crippen molar-refractivity contribution in [2.75, 3.05) is 17.3 Å². The molecule has 0 saturated heterocycles. The first-order valence-electron chi connectivity index (χ1n) is 5.89. The van der Waals surface area contributed by atoms with Gasteiger partial charge in [0, 0.05) is 17.5 Å². The van der Waals surface area contributed by atoms with Crippen molar-refractivity contribution in [3.63, 3.8) is 0 Å². The summed E-state index contributed by atoms with van der Waals surface area (Å²) >= 11 is 8.07. The molecule has 0 amide bonds. The smallest absolute Gasteiger partial charge is 0.0841 e. The van der Waals surface area contributed by atoms with Crippen LogP contribution in [0.15, 0.2) is 12.4 Å². The Morgan fingerprint density at radius 1 is 1.35 bits per heavy atom. The van der Waals surface area contributed by atoms with Crippen LogP contribution in [0.3, 0.4) is 0 Å². The van der Waals surface area contributed by atoms with E-state index in [1.165, 1.54) is 25.7 Å². The van der Waals surface area contributed by atoms with Crippen LogP contribution >= 0.6 is 23.4 Å². The molecule has 2 rings (SSSR count). The number of aromatic nitrogens is 1. The third kappa shape index (κ3) is 3.19. The topological polar surface area (TPSA) is 50.9 Å². The van der Waals surface area contributed by atoms with E-state index in [0.29, 0.717) is 16.8 Å². The second-order valence-electron chi connectivity index (χ2n) is 4.44. The lowest BCUT2D eigenvalue weighted by Crippen LogP contribution is -2.27. The van der Waals surface area contributed by atoms with E-state index in [0.717, 1.165) is 10.9 Å². The van der Waals surface area contributed by atoms with Crippen LogP contribution in [0.4, 0.5) is 11.4 Å². The van der Waals surface area contributed by atoms with Crippen molar-refractivity contribution >= 4 is 34.7 Å². The Morgan fingerprint density at radius 3 is 2.65 bits per heavy atom. The average Bonchev–Trinajstić information content (AvgIpc) is 2.35. The fourth-order valence-electron chi connectivity index (χ4n) is 2.25. The Bertz CT molecular complexity index is 358. The minimum atomic E-state index is 0.487. The first kappa shape index (κ1) is 12.8. The summed E-state index contributed by atoms with van der Waals surface area (Å²) in [5, 5.41) is 4.88. The SMILES string of the molecule is CSC1CCC(Nc2c(N)cncc2Cl)CC1. The Hall–Kier alpha value is -0.610. The summed E-state index contributed by atoms with van der Waals surface area (Å²) in [5.41, 5.74) is 7.35. The summed E-state index contributed by atoms with van der Waals surface area (Å²) in [5.74, 6) is 0. The van der Waals surface area contributed by atoms with Crippen LogP contribution in [0.5, 0.6) is 0 Å². The number of thioether (sulfide) groups is 1. The van der Waals surface area contributed by atoms with Crippen LogP contribution in [0.1, 0.15) is 25.7 Å². The van der Waals surface area contributed by atoms with Gasteiger partial charge in [-0.15, -0.1) is 0 Å². The number of nitrogens with two attached hydrogens (primary N) is 1. The average molecular weight is 272 g/mol. The molecule has 1 aromatic rings. The largest absolute Gasteiger partial charge is 0.396 e. The van der Waals surface area contributed by atoms with Crippen LogP contribution in [0, 0.1) is 0 Å². The predicted octanol–water partition coefficient (Wildman–Crippen LogP) is 3.40. The van der Waals surface area contributed by atoms with E-state index in [2.05, 4.69) is 16.6 Å². The summed E-state index contributed by atoms with van der Waals surface area (Å²) in [7, 11) is 0. The van der Waals surface area contributed by atoms with Gasteiger partial charge in [0.05, 0.1) is 22.6 Å². The molecule has 0 bridgehead atoms. The van der Waals surface area contributed by atoms with Crippen molar-refractivity contribution in [2.24, 2.45) is 0 Å². The van der Waals surface area contributed by atoms with E-state index < -0.39 is 0 Å². The second-order valence-corrected chi connectivity index (χ2v) is 5.98. The molecule has 1 fully saturated rings. The third-order valence-corrected chi connectivity index (χ3v) is 4.71. The first-order valence-corrected chi connectivity index (χ1v) is 7.55. The zero-order chi connectivity index (χ0) is 12.3. The molecule has 0 aliphatic heterocycles. The van der Waals surface area contributed by atoms with Gasteiger partial charge in [-0.05, 0) is 31.9 Å². The van der Waals surface area contributed by atoms with Crippen molar-refractivity contribution in [1.29, 1.82) is 0 Å².